The van der Waals surface area contributed by atoms with E-state index in [4.69, 9.17) is 17.3 Å². The first-order valence-electron chi connectivity index (χ1n) is 4.83. The lowest BCUT2D eigenvalue weighted by atomic mass is 10.2. The maximum atomic E-state index is 6.10. The van der Waals surface area contributed by atoms with Crippen LogP contribution in [0.2, 0.25) is 5.02 Å². The minimum atomic E-state index is 0.646. The molecule has 2 aromatic rings. The minimum absolute atomic E-state index is 0.646. The molecule has 0 fully saturated rings. The van der Waals surface area contributed by atoms with Gasteiger partial charge in [0.1, 0.15) is 0 Å². The van der Waals surface area contributed by atoms with E-state index in [-0.39, 0.29) is 0 Å². The van der Waals surface area contributed by atoms with Crippen LogP contribution in [-0.4, -0.2) is 0 Å². The number of halogens is 3. The summed E-state index contributed by atoms with van der Waals surface area (Å²) in [4.78, 5) is 0. The number of hydrogen-bond donors (Lipinski definition) is 2. The van der Waals surface area contributed by atoms with Crippen LogP contribution in [-0.2, 0) is 0 Å². The maximum absolute atomic E-state index is 6.10. The van der Waals surface area contributed by atoms with E-state index in [2.05, 4.69) is 37.2 Å². The normalized spacial score (nSPS) is 10.3. The summed E-state index contributed by atoms with van der Waals surface area (Å²) in [6, 6.07) is 11.2. The zero-order valence-electron chi connectivity index (χ0n) is 8.68. The molecule has 3 N–H and O–H groups in total. The number of hydrogen-bond acceptors (Lipinski definition) is 2. The SMILES string of the molecule is Nc1ccc(Br)cc1Nc1cc(Br)ccc1Cl. The molecule has 0 unspecified atom stereocenters. The third-order valence-electron chi connectivity index (χ3n) is 2.21. The van der Waals surface area contributed by atoms with Gasteiger partial charge < -0.3 is 11.1 Å². The largest absolute Gasteiger partial charge is 0.397 e. The molecule has 0 spiro atoms. The van der Waals surface area contributed by atoms with Gasteiger partial charge in [0.05, 0.1) is 22.1 Å². The minimum Gasteiger partial charge on any atom is -0.397 e. The number of nitrogens with two attached hydrogens (primary N) is 1. The van der Waals surface area contributed by atoms with E-state index in [0.717, 1.165) is 20.3 Å². The maximum Gasteiger partial charge on any atom is 0.0641 e. The first kappa shape index (κ1) is 12.7. The zero-order valence-corrected chi connectivity index (χ0v) is 12.6. The first-order chi connectivity index (χ1) is 8.06. The Morgan fingerprint density at radius 3 is 2.24 bits per heavy atom. The molecule has 88 valence electrons. The highest BCUT2D eigenvalue weighted by molar-refractivity contribution is 9.10. The molecule has 0 aliphatic rings. The number of rotatable bonds is 2. The predicted molar refractivity (Wildman–Crippen MR) is 81.0 cm³/mol. The fourth-order valence-electron chi connectivity index (χ4n) is 1.38. The first-order valence-corrected chi connectivity index (χ1v) is 6.80. The summed E-state index contributed by atoms with van der Waals surface area (Å²) in [6.07, 6.45) is 0. The lowest BCUT2D eigenvalue weighted by molar-refractivity contribution is 1.52. The van der Waals surface area contributed by atoms with Gasteiger partial charge in [-0.3, -0.25) is 0 Å². The van der Waals surface area contributed by atoms with Crippen LogP contribution < -0.4 is 11.1 Å². The Labute approximate surface area is 121 Å². The van der Waals surface area contributed by atoms with Crippen molar-refractivity contribution in [3.8, 4) is 0 Å². The zero-order chi connectivity index (χ0) is 12.4. The number of benzene rings is 2. The van der Waals surface area contributed by atoms with Crippen LogP contribution in [0, 0.1) is 0 Å². The lowest BCUT2D eigenvalue weighted by Crippen LogP contribution is -1.96. The van der Waals surface area contributed by atoms with Crippen molar-refractivity contribution in [1.29, 1.82) is 0 Å². The summed E-state index contributed by atoms with van der Waals surface area (Å²) < 4.78 is 1.92. The van der Waals surface area contributed by atoms with Gasteiger partial charge in [0.25, 0.3) is 0 Å². The highest BCUT2D eigenvalue weighted by atomic mass is 79.9. The second-order valence-electron chi connectivity index (χ2n) is 3.48. The lowest BCUT2D eigenvalue weighted by Gasteiger charge is -2.11. The van der Waals surface area contributed by atoms with Crippen molar-refractivity contribution in [3.05, 3.63) is 50.4 Å². The Kier molecular flexibility index (Phi) is 3.97. The quantitative estimate of drug-likeness (QED) is 0.708. The van der Waals surface area contributed by atoms with Gasteiger partial charge >= 0.3 is 0 Å². The molecule has 0 aliphatic carbocycles. The van der Waals surface area contributed by atoms with Crippen molar-refractivity contribution in [3.63, 3.8) is 0 Å². The van der Waals surface area contributed by atoms with Gasteiger partial charge in [-0.05, 0) is 36.4 Å². The van der Waals surface area contributed by atoms with Gasteiger partial charge in [-0.25, -0.2) is 0 Å². The van der Waals surface area contributed by atoms with E-state index < -0.39 is 0 Å². The van der Waals surface area contributed by atoms with Crippen molar-refractivity contribution in [1.82, 2.24) is 0 Å². The van der Waals surface area contributed by atoms with E-state index in [9.17, 15) is 0 Å². The van der Waals surface area contributed by atoms with Gasteiger partial charge in [-0.15, -0.1) is 0 Å². The third-order valence-corrected chi connectivity index (χ3v) is 3.53. The molecular weight excluding hydrogens is 367 g/mol. The Morgan fingerprint density at radius 2 is 1.53 bits per heavy atom. The van der Waals surface area contributed by atoms with Crippen molar-refractivity contribution in [2.45, 2.75) is 0 Å². The number of nitrogens with one attached hydrogen (secondary N) is 1. The summed E-state index contributed by atoms with van der Waals surface area (Å²) in [6.45, 7) is 0. The average molecular weight is 376 g/mol. The monoisotopic (exact) mass is 374 g/mol. The molecule has 0 bridgehead atoms. The molecule has 0 aromatic heterocycles. The van der Waals surface area contributed by atoms with Crippen LogP contribution >= 0.6 is 43.5 Å². The van der Waals surface area contributed by atoms with Gasteiger partial charge in [-0.2, -0.15) is 0 Å². The highest BCUT2D eigenvalue weighted by Gasteiger charge is 2.04. The van der Waals surface area contributed by atoms with E-state index >= 15 is 0 Å². The van der Waals surface area contributed by atoms with Crippen molar-refractivity contribution in [2.75, 3.05) is 11.1 Å². The molecule has 0 atom stereocenters. The third kappa shape index (κ3) is 3.15. The summed E-state index contributed by atoms with van der Waals surface area (Å²) in [5.74, 6) is 0. The highest BCUT2D eigenvalue weighted by Crippen LogP contribution is 2.32. The van der Waals surface area contributed by atoms with Crippen LogP contribution in [0.1, 0.15) is 0 Å². The smallest absolute Gasteiger partial charge is 0.0641 e. The van der Waals surface area contributed by atoms with Crippen LogP contribution in [0.3, 0.4) is 0 Å². The van der Waals surface area contributed by atoms with Gasteiger partial charge in [0.2, 0.25) is 0 Å². The topological polar surface area (TPSA) is 38.0 Å². The Bertz CT molecular complexity index is 509. The van der Waals surface area contributed by atoms with E-state index in [1.807, 2.05) is 36.4 Å². The van der Waals surface area contributed by atoms with Gasteiger partial charge in [0.15, 0.2) is 0 Å². The van der Waals surface area contributed by atoms with Crippen LogP contribution in [0.5, 0.6) is 0 Å². The number of anilines is 3. The van der Waals surface area contributed by atoms with Crippen LogP contribution in [0.4, 0.5) is 17.1 Å². The van der Waals surface area contributed by atoms with E-state index in [1.165, 1.54) is 0 Å². The molecule has 0 aliphatic heterocycles. The molecule has 2 rings (SSSR count). The molecule has 2 nitrogen and oxygen atoms in total. The van der Waals surface area contributed by atoms with Crippen molar-refractivity contribution in [2.24, 2.45) is 0 Å². The fraction of sp³-hybridized carbons (Fsp3) is 0. The van der Waals surface area contributed by atoms with Gasteiger partial charge in [0, 0.05) is 8.95 Å². The molecule has 0 amide bonds. The fourth-order valence-corrected chi connectivity index (χ4v) is 2.26. The van der Waals surface area contributed by atoms with Gasteiger partial charge in [-0.1, -0.05) is 43.5 Å². The van der Waals surface area contributed by atoms with Crippen molar-refractivity contribution < 1.29 is 0 Å². The molecule has 0 radical (unpaired) electrons. The van der Waals surface area contributed by atoms with Crippen LogP contribution in [0.25, 0.3) is 0 Å². The number of nitrogen functional groups attached to an aromatic ring is 1. The van der Waals surface area contributed by atoms with Crippen molar-refractivity contribution >= 4 is 60.5 Å². The molecule has 5 heteroatoms. The molecule has 17 heavy (non-hydrogen) atoms. The second-order valence-corrected chi connectivity index (χ2v) is 5.72. The summed E-state index contributed by atoms with van der Waals surface area (Å²) in [7, 11) is 0. The van der Waals surface area contributed by atoms with E-state index in [0.29, 0.717) is 10.7 Å². The molecule has 2 aromatic carbocycles. The summed E-state index contributed by atoms with van der Waals surface area (Å²) >= 11 is 12.9. The van der Waals surface area contributed by atoms with Crippen LogP contribution in [0.15, 0.2) is 45.3 Å². The Morgan fingerprint density at radius 1 is 0.941 bits per heavy atom. The summed E-state index contributed by atoms with van der Waals surface area (Å²) in [5, 5.41) is 3.85. The van der Waals surface area contributed by atoms with E-state index in [1.54, 1.807) is 0 Å². The summed E-state index contributed by atoms with van der Waals surface area (Å²) in [5.41, 5.74) is 8.19. The molecule has 0 saturated heterocycles. The Balaban J connectivity index is 2.37. The average Bonchev–Trinajstić information content (AvgIpc) is 2.28. The second kappa shape index (κ2) is 5.29. The molecular formula is C12H9Br2ClN2. The standard InChI is InChI=1S/C12H9Br2ClN2/c13-7-1-3-9(15)11(5-7)17-12-6-8(14)2-4-10(12)16/h1-6,17H,16H2. The predicted octanol–water partition coefficient (Wildman–Crippen LogP) is 5.19. The molecule has 0 saturated carbocycles. The Hall–Kier alpha value is -0.710. The molecule has 0 heterocycles.